The molecule has 0 aromatic carbocycles. The van der Waals surface area contributed by atoms with Crippen molar-refractivity contribution in [2.75, 3.05) is 36.8 Å². The summed E-state index contributed by atoms with van der Waals surface area (Å²) in [4.78, 5) is 15.9. The maximum Gasteiger partial charge on any atom is 0.317 e. The monoisotopic (exact) mass is 284 g/mol. The summed E-state index contributed by atoms with van der Waals surface area (Å²) in [7, 11) is 0. The third kappa shape index (κ3) is 3.69. The second kappa shape index (κ2) is 5.20. The van der Waals surface area contributed by atoms with E-state index < -0.39 is 0 Å². The van der Waals surface area contributed by atoms with Crippen LogP contribution in [0.3, 0.4) is 0 Å². The van der Waals surface area contributed by atoms with Gasteiger partial charge in [0.25, 0.3) is 0 Å². The molecular weight excluding hydrogens is 264 g/mol. The summed E-state index contributed by atoms with van der Waals surface area (Å²) in [5.41, 5.74) is 5.37. The number of aromatic nitrogens is 2. The normalized spacial score (nSPS) is 16.6. The van der Waals surface area contributed by atoms with E-state index in [1.807, 2.05) is 25.7 Å². The van der Waals surface area contributed by atoms with Gasteiger partial charge in [0.1, 0.15) is 0 Å². The van der Waals surface area contributed by atoms with Crippen LogP contribution < -0.4 is 16.0 Å². The summed E-state index contributed by atoms with van der Waals surface area (Å²) in [6.45, 7) is 8.81. The number of piperazine rings is 1. The first-order valence-electron chi connectivity index (χ1n) is 6.26. The van der Waals surface area contributed by atoms with Gasteiger partial charge in [-0.25, -0.2) is 4.79 Å². The fraction of sp³-hybridized carbons (Fsp3) is 0.727. The predicted molar refractivity (Wildman–Crippen MR) is 76.4 cm³/mol. The molecule has 0 bridgehead atoms. The second-order valence-corrected chi connectivity index (χ2v) is 6.56. The zero-order chi connectivity index (χ0) is 14.0. The zero-order valence-electron chi connectivity index (χ0n) is 11.5. The Morgan fingerprint density at radius 2 is 1.89 bits per heavy atom. The number of nitrogens with zero attached hydrogens (tertiary/aromatic N) is 4. The third-order valence-corrected chi connectivity index (χ3v) is 3.56. The number of rotatable bonds is 1. The van der Waals surface area contributed by atoms with Gasteiger partial charge in [-0.3, -0.25) is 0 Å². The van der Waals surface area contributed by atoms with Crippen molar-refractivity contribution in [2.45, 2.75) is 26.3 Å². The van der Waals surface area contributed by atoms with Gasteiger partial charge >= 0.3 is 6.03 Å². The number of nitrogens with one attached hydrogen (secondary N) is 1. The molecule has 8 heteroatoms. The Labute approximate surface area is 116 Å². The number of hydrogen-bond acceptors (Lipinski definition) is 6. The summed E-state index contributed by atoms with van der Waals surface area (Å²) in [6.07, 6.45) is 0. The van der Waals surface area contributed by atoms with Gasteiger partial charge in [0.05, 0.1) is 0 Å². The van der Waals surface area contributed by atoms with Crippen molar-refractivity contribution in [2.24, 2.45) is 0 Å². The minimum atomic E-state index is -0.206. The first-order valence-corrected chi connectivity index (χ1v) is 7.08. The van der Waals surface area contributed by atoms with Crippen LogP contribution in [0.2, 0.25) is 0 Å². The first-order chi connectivity index (χ1) is 8.85. The molecule has 0 spiro atoms. The van der Waals surface area contributed by atoms with Crippen molar-refractivity contribution in [1.29, 1.82) is 0 Å². The molecule has 1 fully saturated rings. The molecule has 1 aliphatic heterocycles. The molecule has 106 valence electrons. The van der Waals surface area contributed by atoms with Gasteiger partial charge in [-0.05, 0) is 20.8 Å². The van der Waals surface area contributed by atoms with Crippen molar-refractivity contribution in [1.82, 2.24) is 20.4 Å². The number of nitrogens with two attached hydrogens (primary N) is 1. The van der Waals surface area contributed by atoms with E-state index in [2.05, 4.69) is 20.4 Å². The number of nitrogen functional groups attached to an aromatic ring is 1. The van der Waals surface area contributed by atoms with Gasteiger partial charge in [0, 0.05) is 31.7 Å². The standard InChI is InChI=1S/C11H20N6OS/c1-11(2,3)13-9(18)16-4-6-17(7-5-16)10-15-14-8(12)19-10/h4-7H2,1-3H3,(H2,12,14)(H,13,18). The van der Waals surface area contributed by atoms with Crippen LogP contribution in [0.25, 0.3) is 0 Å². The van der Waals surface area contributed by atoms with Crippen LogP contribution in [0, 0.1) is 0 Å². The number of urea groups is 1. The van der Waals surface area contributed by atoms with Crippen molar-refractivity contribution in [3.63, 3.8) is 0 Å². The fourth-order valence-electron chi connectivity index (χ4n) is 1.85. The van der Waals surface area contributed by atoms with Crippen molar-refractivity contribution in [3.8, 4) is 0 Å². The molecule has 1 aromatic heterocycles. The van der Waals surface area contributed by atoms with Gasteiger partial charge in [-0.2, -0.15) is 0 Å². The lowest BCUT2D eigenvalue weighted by molar-refractivity contribution is 0.185. The summed E-state index contributed by atoms with van der Waals surface area (Å²) in [6, 6.07) is -0.0103. The topological polar surface area (TPSA) is 87.4 Å². The highest BCUT2D eigenvalue weighted by Crippen LogP contribution is 2.22. The van der Waals surface area contributed by atoms with E-state index in [0.717, 1.165) is 18.2 Å². The van der Waals surface area contributed by atoms with Crippen LogP contribution >= 0.6 is 11.3 Å². The Morgan fingerprint density at radius 1 is 1.26 bits per heavy atom. The molecule has 1 saturated heterocycles. The van der Waals surface area contributed by atoms with Crippen molar-refractivity contribution < 1.29 is 4.79 Å². The largest absolute Gasteiger partial charge is 0.374 e. The highest BCUT2D eigenvalue weighted by molar-refractivity contribution is 7.18. The van der Waals surface area contributed by atoms with Crippen LogP contribution in [0.5, 0.6) is 0 Å². The van der Waals surface area contributed by atoms with E-state index in [4.69, 9.17) is 5.73 Å². The van der Waals surface area contributed by atoms with Gasteiger partial charge in [-0.15, -0.1) is 10.2 Å². The number of hydrogen-bond donors (Lipinski definition) is 2. The maximum atomic E-state index is 12.0. The molecule has 0 unspecified atom stereocenters. The molecule has 0 radical (unpaired) electrons. The van der Waals surface area contributed by atoms with Crippen LogP contribution in [-0.2, 0) is 0 Å². The van der Waals surface area contributed by atoms with E-state index >= 15 is 0 Å². The third-order valence-electron chi connectivity index (χ3n) is 2.75. The molecule has 0 atom stereocenters. The molecule has 2 rings (SSSR count). The van der Waals surface area contributed by atoms with Gasteiger partial charge < -0.3 is 20.9 Å². The first kappa shape index (κ1) is 13.9. The summed E-state index contributed by atoms with van der Waals surface area (Å²) in [5.74, 6) is 0. The van der Waals surface area contributed by atoms with E-state index in [0.29, 0.717) is 18.2 Å². The summed E-state index contributed by atoms with van der Waals surface area (Å²) in [5, 5.41) is 12.1. The number of carbonyl (C=O) groups is 1. The Kier molecular flexibility index (Phi) is 3.79. The minimum absolute atomic E-state index is 0.0103. The van der Waals surface area contributed by atoms with Gasteiger partial charge in [0.2, 0.25) is 10.3 Å². The molecule has 0 aliphatic carbocycles. The van der Waals surface area contributed by atoms with Gasteiger partial charge in [0.15, 0.2) is 0 Å². The zero-order valence-corrected chi connectivity index (χ0v) is 12.3. The minimum Gasteiger partial charge on any atom is -0.374 e. The molecule has 3 N–H and O–H groups in total. The molecule has 0 saturated carbocycles. The molecular formula is C11H20N6OS. The van der Waals surface area contributed by atoms with Crippen LogP contribution in [0.15, 0.2) is 0 Å². The van der Waals surface area contributed by atoms with Crippen LogP contribution in [-0.4, -0.2) is 52.8 Å². The Morgan fingerprint density at radius 3 is 2.37 bits per heavy atom. The molecule has 2 amide bonds. The molecule has 1 aliphatic rings. The SMILES string of the molecule is CC(C)(C)NC(=O)N1CCN(c2nnc(N)s2)CC1. The number of amides is 2. The average Bonchev–Trinajstić information content (AvgIpc) is 2.74. The number of carbonyl (C=O) groups excluding carboxylic acids is 1. The molecule has 7 nitrogen and oxygen atoms in total. The lowest BCUT2D eigenvalue weighted by atomic mass is 10.1. The predicted octanol–water partition coefficient (Wildman–Crippen LogP) is 0.750. The van der Waals surface area contributed by atoms with E-state index in [1.54, 1.807) is 0 Å². The Bertz CT molecular complexity index is 446. The lowest BCUT2D eigenvalue weighted by Crippen LogP contribution is -2.55. The highest BCUT2D eigenvalue weighted by Gasteiger charge is 2.25. The van der Waals surface area contributed by atoms with Crippen molar-refractivity contribution in [3.05, 3.63) is 0 Å². The molecule has 2 heterocycles. The van der Waals surface area contributed by atoms with E-state index in [9.17, 15) is 4.79 Å². The van der Waals surface area contributed by atoms with Crippen LogP contribution in [0.4, 0.5) is 15.1 Å². The Hall–Kier alpha value is -1.57. The lowest BCUT2D eigenvalue weighted by Gasteiger charge is -2.35. The van der Waals surface area contributed by atoms with Gasteiger partial charge in [-0.1, -0.05) is 11.3 Å². The maximum absolute atomic E-state index is 12.0. The Balaban J connectivity index is 1.87. The fourth-order valence-corrected chi connectivity index (χ4v) is 2.52. The number of anilines is 2. The van der Waals surface area contributed by atoms with E-state index in [-0.39, 0.29) is 11.6 Å². The van der Waals surface area contributed by atoms with Crippen molar-refractivity contribution >= 4 is 27.6 Å². The molecule has 1 aromatic rings. The smallest absolute Gasteiger partial charge is 0.317 e. The molecule has 19 heavy (non-hydrogen) atoms. The summed E-state index contributed by atoms with van der Waals surface area (Å²) >= 11 is 1.38. The highest BCUT2D eigenvalue weighted by atomic mass is 32.1. The summed E-state index contributed by atoms with van der Waals surface area (Å²) < 4.78 is 0. The average molecular weight is 284 g/mol. The second-order valence-electron chi connectivity index (χ2n) is 5.58. The quantitative estimate of drug-likeness (QED) is 0.794. The van der Waals surface area contributed by atoms with Crippen LogP contribution in [0.1, 0.15) is 20.8 Å². The van der Waals surface area contributed by atoms with E-state index in [1.165, 1.54) is 11.3 Å².